The number of aliphatic hydroxyl groups is 1. The summed E-state index contributed by atoms with van der Waals surface area (Å²) in [6.45, 7) is 2.07. The van der Waals surface area contributed by atoms with Crippen LogP contribution in [0.3, 0.4) is 0 Å². The van der Waals surface area contributed by atoms with Crippen molar-refractivity contribution < 1.29 is 14.6 Å². The number of carbonyl (C=O) groups excluding carboxylic acids is 1. The van der Waals surface area contributed by atoms with Gasteiger partial charge in [0.05, 0.1) is 11.7 Å². The Kier molecular flexibility index (Phi) is 5.73. The van der Waals surface area contributed by atoms with E-state index in [-0.39, 0.29) is 19.1 Å². The Bertz CT molecular complexity index is 720. The van der Waals surface area contributed by atoms with Gasteiger partial charge in [-0.25, -0.2) is 0 Å². The Labute approximate surface area is 135 Å². The third-order valence-corrected chi connectivity index (χ3v) is 3.15. The lowest BCUT2D eigenvalue weighted by Gasteiger charge is -2.10. The number of ether oxygens (including phenoxy) is 1. The molecule has 2 rings (SSSR count). The van der Waals surface area contributed by atoms with E-state index in [1.807, 2.05) is 6.07 Å². The summed E-state index contributed by atoms with van der Waals surface area (Å²) < 4.78 is 5.65. The van der Waals surface area contributed by atoms with Crippen molar-refractivity contribution in [2.75, 3.05) is 6.54 Å². The summed E-state index contributed by atoms with van der Waals surface area (Å²) in [5.41, 5.74) is 1.79. The Morgan fingerprint density at radius 1 is 1.30 bits per heavy atom. The highest BCUT2D eigenvalue weighted by molar-refractivity contribution is 5.94. The molecule has 0 radical (unpaired) electrons. The lowest BCUT2D eigenvalue weighted by Crippen LogP contribution is -2.30. The summed E-state index contributed by atoms with van der Waals surface area (Å²) in [6, 6.07) is 16.1. The molecular formula is C18H18N2O3. The lowest BCUT2D eigenvalue weighted by molar-refractivity contribution is 0.0924. The molecule has 5 nitrogen and oxygen atoms in total. The van der Waals surface area contributed by atoms with Gasteiger partial charge in [-0.1, -0.05) is 24.3 Å². The molecule has 5 heteroatoms. The van der Waals surface area contributed by atoms with Gasteiger partial charge in [-0.15, -0.1) is 0 Å². The third-order valence-electron chi connectivity index (χ3n) is 3.15. The van der Waals surface area contributed by atoms with Crippen molar-refractivity contribution in [1.82, 2.24) is 5.32 Å². The van der Waals surface area contributed by atoms with E-state index in [4.69, 9.17) is 10.00 Å². The number of rotatable bonds is 6. The van der Waals surface area contributed by atoms with Crippen LogP contribution in [-0.4, -0.2) is 23.7 Å². The minimum atomic E-state index is -0.590. The standard InChI is InChI=1S/C18H18N2O3/c1-13(21)11-20-18(22)15-7-4-5-14(9-15)12-23-17-8-3-2-6-16(17)10-19/h2-9,13,21H,11-12H2,1H3,(H,20,22). The maximum atomic E-state index is 12.0. The van der Waals surface area contributed by atoms with Crippen molar-refractivity contribution in [3.63, 3.8) is 0 Å². The first-order chi connectivity index (χ1) is 11.1. The molecule has 0 bridgehead atoms. The molecule has 0 saturated heterocycles. The Balaban J connectivity index is 2.03. The molecule has 0 fully saturated rings. The minimum absolute atomic E-state index is 0.203. The van der Waals surface area contributed by atoms with E-state index in [1.165, 1.54) is 0 Å². The van der Waals surface area contributed by atoms with Crippen molar-refractivity contribution in [2.24, 2.45) is 0 Å². The molecule has 0 aliphatic carbocycles. The molecule has 23 heavy (non-hydrogen) atoms. The van der Waals surface area contributed by atoms with Crippen LogP contribution in [0.25, 0.3) is 0 Å². The summed E-state index contributed by atoms with van der Waals surface area (Å²) in [7, 11) is 0. The zero-order chi connectivity index (χ0) is 16.7. The van der Waals surface area contributed by atoms with Gasteiger partial charge in [0, 0.05) is 12.1 Å². The summed E-state index contributed by atoms with van der Waals surface area (Å²) in [4.78, 5) is 12.0. The first-order valence-corrected chi connectivity index (χ1v) is 7.27. The fraction of sp³-hybridized carbons (Fsp3) is 0.222. The number of carbonyl (C=O) groups is 1. The molecule has 2 aromatic rings. The van der Waals surface area contributed by atoms with Crippen LogP contribution in [0.5, 0.6) is 5.75 Å². The molecule has 118 valence electrons. The topological polar surface area (TPSA) is 82.3 Å². The second kappa shape index (κ2) is 7.97. The number of benzene rings is 2. The van der Waals surface area contributed by atoms with Crippen LogP contribution < -0.4 is 10.1 Å². The summed E-state index contributed by atoms with van der Waals surface area (Å²) in [6.07, 6.45) is -0.590. The molecule has 1 atom stereocenters. The SMILES string of the molecule is CC(O)CNC(=O)c1cccc(COc2ccccc2C#N)c1. The highest BCUT2D eigenvalue weighted by Crippen LogP contribution is 2.18. The molecule has 2 N–H and O–H groups in total. The fourth-order valence-electron chi connectivity index (χ4n) is 1.99. The molecule has 0 aliphatic rings. The summed E-state index contributed by atoms with van der Waals surface area (Å²) in [5, 5.41) is 20.9. The monoisotopic (exact) mass is 310 g/mol. The van der Waals surface area contributed by atoms with E-state index < -0.39 is 6.10 Å². The molecule has 2 aromatic carbocycles. The predicted octanol–water partition coefficient (Wildman–Crippen LogP) is 2.25. The largest absolute Gasteiger partial charge is 0.488 e. The average molecular weight is 310 g/mol. The van der Waals surface area contributed by atoms with E-state index in [2.05, 4.69) is 11.4 Å². The van der Waals surface area contributed by atoms with Gasteiger partial charge in [0.2, 0.25) is 0 Å². The normalized spacial score (nSPS) is 11.3. The van der Waals surface area contributed by atoms with Gasteiger partial charge in [0.1, 0.15) is 18.4 Å². The number of nitrogens with zero attached hydrogens (tertiary/aromatic N) is 1. The van der Waals surface area contributed by atoms with E-state index in [0.717, 1.165) is 5.56 Å². The predicted molar refractivity (Wildman–Crippen MR) is 85.9 cm³/mol. The van der Waals surface area contributed by atoms with Crippen LogP contribution in [0.2, 0.25) is 0 Å². The smallest absolute Gasteiger partial charge is 0.251 e. The van der Waals surface area contributed by atoms with Gasteiger partial charge in [-0.3, -0.25) is 4.79 Å². The number of hydrogen-bond acceptors (Lipinski definition) is 4. The van der Waals surface area contributed by atoms with Crippen LogP contribution in [-0.2, 0) is 6.61 Å². The molecule has 0 aliphatic heterocycles. The summed E-state index contributed by atoms with van der Waals surface area (Å²) in [5.74, 6) is 0.268. The van der Waals surface area contributed by atoms with Crippen LogP contribution in [0.4, 0.5) is 0 Å². The van der Waals surface area contributed by atoms with Crippen molar-refractivity contribution in [2.45, 2.75) is 19.6 Å². The quantitative estimate of drug-likeness (QED) is 0.857. The molecule has 0 spiro atoms. The van der Waals surface area contributed by atoms with E-state index in [0.29, 0.717) is 16.9 Å². The molecule has 1 amide bonds. The lowest BCUT2D eigenvalue weighted by atomic mass is 10.1. The van der Waals surface area contributed by atoms with Gasteiger partial charge in [-0.05, 0) is 36.8 Å². The van der Waals surface area contributed by atoms with Gasteiger partial charge in [0.25, 0.3) is 5.91 Å². The third kappa shape index (κ3) is 4.83. The first kappa shape index (κ1) is 16.5. The second-order valence-corrected chi connectivity index (χ2v) is 5.16. The molecule has 1 unspecified atom stereocenters. The average Bonchev–Trinajstić information content (AvgIpc) is 2.58. The number of hydrogen-bond donors (Lipinski definition) is 2. The highest BCUT2D eigenvalue weighted by Gasteiger charge is 2.08. The van der Waals surface area contributed by atoms with Crippen molar-refractivity contribution >= 4 is 5.91 Å². The minimum Gasteiger partial charge on any atom is -0.488 e. The summed E-state index contributed by atoms with van der Waals surface area (Å²) >= 11 is 0. The molecule has 0 aromatic heterocycles. The number of para-hydroxylation sites is 1. The van der Waals surface area contributed by atoms with Crippen LogP contribution in [0, 0.1) is 11.3 Å². The number of nitrogens with one attached hydrogen (secondary N) is 1. The van der Waals surface area contributed by atoms with Crippen molar-refractivity contribution in [3.8, 4) is 11.8 Å². The van der Waals surface area contributed by atoms with Gasteiger partial charge in [-0.2, -0.15) is 5.26 Å². The zero-order valence-electron chi connectivity index (χ0n) is 12.8. The highest BCUT2D eigenvalue weighted by atomic mass is 16.5. The van der Waals surface area contributed by atoms with E-state index in [1.54, 1.807) is 49.4 Å². The van der Waals surface area contributed by atoms with E-state index >= 15 is 0 Å². The van der Waals surface area contributed by atoms with Crippen LogP contribution in [0.15, 0.2) is 48.5 Å². The van der Waals surface area contributed by atoms with E-state index in [9.17, 15) is 9.90 Å². The maximum Gasteiger partial charge on any atom is 0.251 e. The van der Waals surface area contributed by atoms with Gasteiger partial charge in [0.15, 0.2) is 0 Å². The second-order valence-electron chi connectivity index (χ2n) is 5.16. The number of nitriles is 1. The van der Waals surface area contributed by atoms with Gasteiger partial charge < -0.3 is 15.2 Å². The number of aliphatic hydroxyl groups excluding tert-OH is 1. The Morgan fingerprint density at radius 3 is 2.83 bits per heavy atom. The fourth-order valence-corrected chi connectivity index (χ4v) is 1.99. The van der Waals surface area contributed by atoms with Gasteiger partial charge >= 0.3 is 0 Å². The molecule has 0 saturated carbocycles. The number of amides is 1. The van der Waals surface area contributed by atoms with Crippen LogP contribution in [0.1, 0.15) is 28.4 Å². The van der Waals surface area contributed by atoms with Crippen molar-refractivity contribution in [3.05, 3.63) is 65.2 Å². The Morgan fingerprint density at radius 2 is 2.09 bits per heavy atom. The van der Waals surface area contributed by atoms with Crippen LogP contribution >= 0.6 is 0 Å². The maximum absolute atomic E-state index is 12.0. The molecular weight excluding hydrogens is 292 g/mol. The zero-order valence-corrected chi connectivity index (χ0v) is 12.8. The molecule has 0 heterocycles. The van der Waals surface area contributed by atoms with Crippen molar-refractivity contribution in [1.29, 1.82) is 5.26 Å². The Hall–Kier alpha value is -2.84. The first-order valence-electron chi connectivity index (χ1n) is 7.27.